The van der Waals surface area contributed by atoms with E-state index < -0.39 is 5.97 Å². The summed E-state index contributed by atoms with van der Waals surface area (Å²) in [6, 6.07) is 3.16. The Bertz CT molecular complexity index is 486. The molecule has 0 saturated heterocycles. The molecule has 2 rings (SSSR count). The van der Waals surface area contributed by atoms with Crippen LogP contribution in [0.3, 0.4) is 0 Å². The zero-order chi connectivity index (χ0) is 11.4. The Morgan fingerprint density at radius 3 is 3.06 bits per heavy atom. The molecule has 0 unspecified atom stereocenters. The topological polar surface area (TPSA) is 89.1 Å². The predicted octanol–water partition coefficient (Wildman–Crippen LogP) is 1.46. The Kier molecular flexibility index (Phi) is 3.16. The molecule has 16 heavy (non-hydrogen) atoms. The van der Waals surface area contributed by atoms with E-state index in [0.717, 1.165) is 5.03 Å². The predicted molar refractivity (Wildman–Crippen MR) is 55.1 cm³/mol. The summed E-state index contributed by atoms with van der Waals surface area (Å²) in [7, 11) is 0. The number of aromatic nitrogens is 3. The van der Waals surface area contributed by atoms with E-state index >= 15 is 0 Å². The van der Waals surface area contributed by atoms with Gasteiger partial charge in [0, 0.05) is 12.3 Å². The lowest BCUT2D eigenvalue weighted by Gasteiger charge is -1.95. The van der Waals surface area contributed by atoms with Crippen LogP contribution in [0.2, 0.25) is 0 Å². The number of carbonyl (C=O) groups is 1. The van der Waals surface area contributed by atoms with Crippen molar-refractivity contribution in [1.82, 2.24) is 15.1 Å². The van der Waals surface area contributed by atoms with Crippen molar-refractivity contribution < 1.29 is 14.4 Å². The van der Waals surface area contributed by atoms with Crippen molar-refractivity contribution in [3.05, 3.63) is 36.1 Å². The smallest absolute Gasteiger partial charge is 0.358 e. The Hall–Kier alpha value is -1.89. The summed E-state index contributed by atoms with van der Waals surface area (Å²) in [4.78, 5) is 18.3. The number of hydrogen-bond donors (Lipinski definition) is 1. The second-order valence-corrected chi connectivity index (χ2v) is 3.82. The summed E-state index contributed by atoms with van der Waals surface area (Å²) >= 11 is 1.42. The summed E-state index contributed by atoms with van der Waals surface area (Å²) in [6.45, 7) is 0. The van der Waals surface area contributed by atoms with E-state index in [9.17, 15) is 4.79 Å². The summed E-state index contributed by atoms with van der Waals surface area (Å²) in [5, 5.41) is 12.8. The number of carboxylic acid groups (broad SMARTS) is 1. The SMILES string of the molecule is O=C(O)c1cc(CSc2ccncn2)on1. The Labute approximate surface area is 94.7 Å². The largest absolute Gasteiger partial charge is 0.476 e. The van der Waals surface area contributed by atoms with Gasteiger partial charge in [-0.15, -0.1) is 0 Å². The minimum absolute atomic E-state index is 0.0849. The molecule has 0 aliphatic heterocycles. The molecule has 0 aliphatic carbocycles. The number of thioether (sulfide) groups is 1. The summed E-state index contributed by atoms with van der Waals surface area (Å²) in [6.07, 6.45) is 3.09. The van der Waals surface area contributed by atoms with Gasteiger partial charge in [0.1, 0.15) is 12.1 Å². The first kappa shape index (κ1) is 10.6. The monoisotopic (exact) mass is 237 g/mol. The molecule has 0 aliphatic rings. The van der Waals surface area contributed by atoms with E-state index in [-0.39, 0.29) is 5.69 Å². The van der Waals surface area contributed by atoms with E-state index in [1.54, 1.807) is 12.3 Å². The lowest BCUT2D eigenvalue weighted by atomic mass is 10.4. The first-order chi connectivity index (χ1) is 7.75. The van der Waals surface area contributed by atoms with Gasteiger partial charge < -0.3 is 9.63 Å². The van der Waals surface area contributed by atoms with E-state index in [0.29, 0.717) is 11.5 Å². The van der Waals surface area contributed by atoms with Crippen molar-refractivity contribution in [3.8, 4) is 0 Å². The van der Waals surface area contributed by atoms with Crippen LogP contribution in [0.4, 0.5) is 0 Å². The van der Waals surface area contributed by atoms with Gasteiger partial charge in [-0.3, -0.25) is 0 Å². The maximum absolute atomic E-state index is 10.5. The van der Waals surface area contributed by atoms with Gasteiger partial charge in [-0.2, -0.15) is 0 Å². The Morgan fingerprint density at radius 1 is 1.56 bits per heavy atom. The molecule has 0 atom stereocenters. The maximum atomic E-state index is 10.5. The third-order valence-electron chi connectivity index (χ3n) is 1.70. The van der Waals surface area contributed by atoms with E-state index in [1.807, 2.05) is 0 Å². The van der Waals surface area contributed by atoms with Crippen molar-refractivity contribution in [2.45, 2.75) is 10.8 Å². The van der Waals surface area contributed by atoms with Gasteiger partial charge >= 0.3 is 5.97 Å². The molecule has 0 aromatic carbocycles. The molecule has 1 N–H and O–H groups in total. The molecule has 6 nitrogen and oxygen atoms in total. The molecule has 2 aromatic heterocycles. The van der Waals surface area contributed by atoms with Crippen molar-refractivity contribution >= 4 is 17.7 Å². The summed E-state index contributed by atoms with van der Waals surface area (Å²) in [5.41, 5.74) is -0.0849. The van der Waals surface area contributed by atoms with Crippen LogP contribution in [0.15, 0.2) is 34.2 Å². The van der Waals surface area contributed by atoms with E-state index in [1.165, 1.54) is 24.2 Å². The van der Waals surface area contributed by atoms with Crippen molar-refractivity contribution in [2.24, 2.45) is 0 Å². The van der Waals surface area contributed by atoms with Crippen molar-refractivity contribution in [2.75, 3.05) is 0 Å². The first-order valence-corrected chi connectivity index (χ1v) is 5.32. The number of carboxylic acids is 1. The Balaban J connectivity index is 1.97. The fourth-order valence-electron chi connectivity index (χ4n) is 0.991. The standard InChI is InChI=1S/C9H7N3O3S/c13-9(14)7-3-6(15-12-7)4-16-8-1-2-10-5-11-8/h1-3,5H,4H2,(H,13,14). The van der Waals surface area contributed by atoms with Crippen LogP contribution in [0.5, 0.6) is 0 Å². The highest BCUT2D eigenvalue weighted by Gasteiger charge is 2.10. The molecule has 82 valence electrons. The Morgan fingerprint density at radius 2 is 2.44 bits per heavy atom. The molecule has 0 saturated carbocycles. The van der Waals surface area contributed by atoms with E-state index in [2.05, 4.69) is 15.1 Å². The van der Waals surface area contributed by atoms with Crippen molar-refractivity contribution in [1.29, 1.82) is 0 Å². The average molecular weight is 237 g/mol. The molecule has 0 fully saturated rings. The lowest BCUT2D eigenvalue weighted by Crippen LogP contribution is -1.94. The first-order valence-electron chi connectivity index (χ1n) is 4.33. The molecule has 0 amide bonds. The van der Waals surface area contributed by atoms with Crippen LogP contribution in [0.1, 0.15) is 16.2 Å². The summed E-state index contributed by atoms with van der Waals surface area (Å²) in [5.74, 6) is -0.111. The van der Waals surface area contributed by atoms with Gasteiger partial charge in [0.05, 0.1) is 10.8 Å². The number of hydrogen-bond acceptors (Lipinski definition) is 6. The van der Waals surface area contributed by atoms with Crippen LogP contribution in [0.25, 0.3) is 0 Å². The minimum atomic E-state index is -1.10. The highest BCUT2D eigenvalue weighted by atomic mass is 32.2. The maximum Gasteiger partial charge on any atom is 0.358 e. The van der Waals surface area contributed by atoms with Gasteiger partial charge in [-0.1, -0.05) is 16.9 Å². The molecule has 0 bridgehead atoms. The third-order valence-corrected chi connectivity index (χ3v) is 2.66. The van der Waals surface area contributed by atoms with Crippen LogP contribution in [0, 0.1) is 0 Å². The van der Waals surface area contributed by atoms with Gasteiger partial charge in [0.15, 0.2) is 5.69 Å². The molecule has 0 spiro atoms. The zero-order valence-corrected chi connectivity index (χ0v) is 8.85. The fourth-order valence-corrected chi connectivity index (χ4v) is 1.70. The highest BCUT2D eigenvalue weighted by Crippen LogP contribution is 2.20. The molecule has 7 heteroatoms. The van der Waals surface area contributed by atoms with Crippen molar-refractivity contribution in [3.63, 3.8) is 0 Å². The zero-order valence-electron chi connectivity index (χ0n) is 8.03. The lowest BCUT2D eigenvalue weighted by molar-refractivity contribution is 0.0685. The number of rotatable bonds is 4. The van der Waals surface area contributed by atoms with Crippen LogP contribution in [-0.2, 0) is 5.75 Å². The normalized spacial score (nSPS) is 10.2. The second-order valence-electron chi connectivity index (χ2n) is 2.82. The van der Waals surface area contributed by atoms with Gasteiger partial charge in [0.2, 0.25) is 0 Å². The molecular formula is C9H7N3O3S. The van der Waals surface area contributed by atoms with Crippen LogP contribution in [-0.4, -0.2) is 26.2 Å². The molecule has 2 aromatic rings. The third kappa shape index (κ3) is 2.57. The molecular weight excluding hydrogens is 230 g/mol. The van der Waals surface area contributed by atoms with Crippen LogP contribution < -0.4 is 0 Å². The van der Waals surface area contributed by atoms with Gasteiger partial charge in [-0.25, -0.2) is 14.8 Å². The average Bonchev–Trinajstić information content (AvgIpc) is 2.76. The van der Waals surface area contributed by atoms with Gasteiger partial charge in [0.25, 0.3) is 0 Å². The molecule has 0 radical (unpaired) electrons. The molecule has 2 heterocycles. The summed E-state index contributed by atoms with van der Waals surface area (Å²) < 4.78 is 4.85. The highest BCUT2D eigenvalue weighted by molar-refractivity contribution is 7.98. The second kappa shape index (κ2) is 4.75. The van der Waals surface area contributed by atoms with Gasteiger partial charge in [-0.05, 0) is 6.07 Å². The minimum Gasteiger partial charge on any atom is -0.476 e. The van der Waals surface area contributed by atoms with Crippen LogP contribution >= 0.6 is 11.8 Å². The number of aromatic carboxylic acids is 1. The fraction of sp³-hybridized carbons (Fsp3) is 0.111. The number of nitrogens with zero attached hydrogens (tertiary/aromatic N) is 3. The van der Waals surface area contributed by atoms with E-state index in [4.69, 9.17) is 9.63 Å². The quantitative estimate of drug-likeness (QED) is 0.635.